The van der Waals surface area contributed by atoms with Gasteiger partial charge in [-0.05, 0) is 26.0 Å². The zero-order valence-electron chi connectivity index (χ0n) is 17.2. The maximum absolute atomic E-state index is 14.0. The third kappa shape index (κ3) is 6.65. The second-order valence-corrected chi connectivity index (χ2v) is 7.26. The normalized spacial score (nSPS) is 19.7. The number of guanidine groups is 1. The molecule has 1 atom stereocenters. The van der Waals surface area contributed by atoms with Crippen LogP contribution in [0.15, 0.2) is 23.2 Å². The lowest BCUT2D eigenvalue weighted by molar-refractivity contribution is 0.0220. The molecule has 164 valence electrons. The highest BCUT2D eigenvalue weighted by molar-refractivity contribution is 14.0. The Bertz CT molecular complexity index is 664. The SMILES string of the molecule is CCNC(=NCC(C)N1CCOCC1)N1CCN(c2cc(F)ccc2F)CC1.I. The summed E-state index contributed by atoms with van der Waals surface area (Å²) < 4.78 is 33.0. The first-order valence-corrected chi connectivity index (χ1v) is 10.1. The molecule has 2 aliphatic heterocycles. The van der Waals surface area contributed by atoms with E-state index in [2.05, 4.69) is 29.0 Å². The lowest BCUT2D eigenvalue weighted by Crippen LogP contribution is -2.53. The van der Waals surface area contributed by atoms with E-state index in [1.54, 1.807) is 0 Å². The second kappa shape index (κ2) is 11.8. The Labute approximate surface area is 189 Å². The summed E-state index contributed by atoms with van der Waals surface area (Å²) in [6.07, 6.45) is 0. The van der Waals surface area contributed by atoms with Gasteiger partial charge in [0.2, 0.25) is 0 Å². The van der Waals surface area contributed by atoms with Gasteiger partial charge in [-0.15, -0.1) is 24.0 Å². The predicted molar refractivity (Wildman–Crippen MR) is 123 cm³/mol. The Morgan fingerprint density at radius 3 is 2.48 bits per heavy atom. The minimum Gasteiger partial charge on any atom is -0.379 e. The third-order valence-electron chi connectivity index (χ3n) is 5.34. The van der Waals surface area contributed by atoms with Crippen molar-refractivity contribution in [3.8, 4) is 0 Å². The molecule has 1 N–H and O–H groups in total. The van der Waals surface area contributed by atoms with Crippen molar-refractivity contribution in [3.63, 3.8) is 0 Å². The van der Waals surface area contributed by atoms with Gasteiger partial charge in [-0.25, -0.2) is 8.78 Å². The molecule has 0 aromatic heterocycles. The first kappa shape index (κ1) is 24.1. The number of benzene rings is 1. The van der Waals surface area contributed by atoms with Crippen molar-refractivity contribution in [3.05, 3.63) is 29.8 Å². The Morgan fingerprint density at radius 2 is 1.83 bits per heavy atom. The average molecular weight is 523 g/mol. The lowest BCUT2D eigenvalue weighted by atomic mass is 10.2. The molecule has 6 nitrogen and oxygen atoms in total. The van der Waals surface area contributed by atoms with Gasteiger partial charge in [-0.1, -0.05) is 0 Å². The molecule has 9 heteroatoms. The molecule has 3 rings (SSSR count). The molecule has 29 heavy (non-hydrogen) atoms. The van der Waals surface area contributed by atoms with E-state index in [1.807, 2.05) is 4.90 Å². The van der Waals surface area contributed by atoms with Gasteiger partial charge >= 0.3 is 0 Å². The molecule has 2 saturated heterocycles. The quantitative estimate of drug-likeness (QED) is 0.365. The van der Waals surface area contributed by atoms with Crippen molar-refractivity contribution >= 4 is 35.6 Å². The van der Waals surface area contributed by atoms with Gasteiger partial charge < -0.3 is 19.9 Å². The molecule has 0 radical (unpaired) electrons. The Hall–Kier alpha value is -1.20. The zero-order chi connectivity index (χ0) is 19.9. The van der Waals surface area contributed by atoms with E-state index in [9.17, 15) is 8.78 Å². The Kier molecular flexibility index (Phi) is 9.84. The number of hydrogen-bond donors (Lipinski definition) is 1. The van der Waals surface area contributed by atoms with E-state index in [1.165, 1.54) is 12.1 Å². The highest BCUT2D eigenvalue weighted by atomic mass is 127. The molecule has 0 saturated carbocycles. The van der Waals surface area contributed by atoms with Crippen LogP contribution in [0.3, 0.4) is 0 Å². The number of nitrogens with zero attached hydrogens (tertiary/aromatic N) is 4. The first-order chi connectivity index (χ1) is 13.6. The zero-order valence-corrected chi connectivity index (χ0v) is 19.6. The molecule has 0 amide bonds. The number of anilines is 1. The number of aliphatic imine (C=N–C) groups is 1. The van der Waals surface area contributed by atoms with Crippen molar-refractivity contribution in [1.29, 1.82) is 0 Å². The molecule has 0 bridgehead atoms. The van der Waals surface area contributed by atoms with Crippen LogP contribution in [0.4, 0.5) is 14.5 Å². The van der Waals surface area contributed by atoms with Crippen molar-refractivity contribution in [2.75, 3.05) is 70.5 Å². The molecule has 1 aromatic rings. The summed E-state index contributed by atoms with van der Waals surface area (Å²) in [4.78, 5) is 11.3. The topological polar surface area (TPSA) is 43.3 Å². The molecule has 2 fully saturated rings. The van der Waals surface area contributed by atoms with Crippen molar-refractivity contribution in [2.24, 2.45) is 4.99 Å². The molecule has 1 aromatic carbocycles. The smallest absolute Gasteiger partial charge is 0.194 e. The fraction of sp³-hybridized carbons (Fsp3) is 0.650. The van der Waals surface area contributed by atoms with Crippen LogP contribution in [-0.4, -0.2) is 87.4 Å². The number of nitrogens with one attached hydrogen (secondary N) is 1. The largest absolute Gasteiger partial charge is 0.379 e. The minimum atomic E-state index is -0.411. The van der Waals surface area contributed by atoms with Crippen LogP contribution in [0.5, 0.6) is 0 Å². The van der Waals surface area contributed by atoms with Crippen molar-refractivity contribution < 1.29 is 13.5 Å². The maximum atomic E-state index is 14.0. The van der Waals surface area contributed by atoms with Crippen LogP contribution in [0.25, 0.3) is 0 Å². The summed E-state index contributed by atoms with van der Waals surface area (Å²) >= 11 is 0. The minimum absolute atomic E-state index is 0. The van der Waals surface area contributed by atoms with Crippen molar-refractivity contribution in [1.82, 2.24) is 15.1 Å². The summed E-state index contributed by atoms with van der Waals surface area (Å²) in [6.45, 7) is 11.9. The van der Waals surface area contributed by atoms with Gasteiger partial charge in [0.25, 0.3) is 0 Å². The van der Waals surface area contributed by atoms with Gasteiger partial charge in [0.05, 0.1) is 25.4 Å². The molecule has 2 heterocycles. The molecule has 1 unspecified atom stereocenters. The fourth-order valence-electron chi connectivity index (χ4n) is 3.67. The Morgan fingerprint density at radius 1 is 1.14 bits per heavy atom. The van der Waals surface area contributed by atoms with E-state index < -0.39 is 5.82 Å². The number of halogens is 3. The van der Waals surface area contributed by atoms with Crippen LogP contribution < -0.4 is 10.2 Å². The molecule has 0 spiro atoms. The van der Waals surface area contributed by atoms with E-state index in [-0.39, 0.29) is 29.8 Å². The van der Waals surface area contributed by atoms with E-state index in [0.717, 1.165) is 51.4 Å². The van der Waals surface area contributed by atoms with Crippen molar-refractivity contribution in [2.45, 2.75) is 19.9 Å². The predicted octanol–water partition coefficient (Wildman–Crippen LogP) is 2.39. The van der Waals surface area contributed by atoms with Gasteiger partial charge in [0, 0.05) is 57.9 Å². The molecular formula is C20H32F2IN5O. The monoisotopic (exact) mass is 523 g/mol. The summed E-state index contributed by atoms with van der Waals surface area (Å²) in [7, 11) is 0. The molecule has 2 aliphatic rings. The average Bonchev–Trinajstić information content (AvgIpc) is 2.73. The highest BCUT2D eigenvalue weighted by Gasteiger charge is 2.23. The van der Waals surface area contributed by atoms with Gasteiger partial charge in [0.1, 0.15) is 11.6 Å². The number of piperazine rings is 1. The molecular weight excluding hydrogens is 491 g/mol. The first-order valence-electron chi connectivity index (χ1n) is 10.1. The van der Waals surface area contributed by atoms with Crippen LogP contribution in [0, 0.1) is 11.6 Å². The van der Waals surface area contributed by atoms with Crippen LogP contribution in [0.2, 0.25) is 0 Å². The standard InChI is InChI=1S/C20H31F2N5O.HI/c1-3-23-20(24-15-16(2)25-10-12-28-13-11-25)27-8-6-26(7-9-27)19-14-17(21)4-5-18(19)22;/h4-5,14,16H,3,6-13,15H2,1-2H3,(H,23,24);1H. The summed E-state index contributed by atoms with van der Waals surface area (Å²) in [5.74, 6) is 0.0996. The number of rotatable bonds is 5. The Balaban J connectivity index is 0.00000300. The van der Waals surface area contributed by atoms with Gasteiger partial charge in [0.15, 0.2) is 5.96 Å². The van der Waals surface area contributed by atoms with Gasteiger partial charge in [-0.3, -0.25) is 9.89 Å². The number of ether oxygens (including phenoxy) is 1. The summed E-state index contributed by atoms with van der Waals surface area (Å²) in [6, 6.07) is 3.98. The molecule has 0 aliphatic carbocycles. The fourth-order valence-corrected chi connectivity index (χ4v) is 3.67. The van der Waals surface area contributed by atoms with E-state index in [4.69, 9.17) is 9.73 Å². The number of morpholine rings is 1. The lowest BCUT2D eigenvalue weighted by Gasteiger charge is -2.38. The van der Waals surface area contributed by atoms with Crippen LogP contribution >= 0.6 is 24.0 Å². The summed E-state index contributed by atoms with van der Waals surface area (Å²) in [5, 5.41) is 3.37. The van der Waals surface area contributed by atoms with Gasteiger partial charge in [-0.2, -0.15) is 0 Å². The number of hydrogen-bond acceptors (Lipinski definition) is 4. The highest BCUT2D eigenvalue weighted by Crippen LogP contribution is 2.22. The van der Waals surface area contributed by atoms with Crippen LogP contribution in [0.1, 0.15) is 13.8 Å². The maximum Gasteiger partial charge on any atom is 0.194 e. The summed E-state index contributed by atoms with van der Waals surface area (Å²) in [5.41, 5.74) is 0.336. The third-order valence-corrected chi connectivity index (χ3v) is 5.34. The second-order valence-electron chi connectivity index (χ2n) is 7.26. The van der Waals surface area contributed by atoms with E-state index in [0.29, 0.717) is 37.9 Å². The van der Waals surface area contributed by atoms with E-state index >= 15 is 0 Å². The van der Waals surface area contributed by atoms with Crippen LogP contribution in [-0.2, 0) is 4.74 Å².